The van der Waals surface area contributed by atoms with E-state index in [-0.39, 0.29) is 18.3 Å². The predicted molar refractivity (Wildman–Crippen MR) is 88.1 cm³/mol. The Morgan fingerprint density at radius 2 is 2.22 bits per heavy atom. The maximum absolute atomic E-state index is 13.9. The molecule has 3 rings (SSSR count). The molecule has 1 amide bonds. The highest BCUT2D eigenvalue weighted by Crippen LogP contribution is 2.31. The second kappa shape index (κ2) is 6.38. The van der Waals surface area contributed by atoms with Gasteiger partial charge in [0.05, 0.1) is 0 Å². The van der Waals surface area contributed by atoms with E-state index in [1.54, 1.807) is 12.1 Å². The van der Waals surface area contributed by atoms with Crippen molar-refractivity contribution in [3.63, 3.8) is 0 Å². The third-order valence-electron chi connectivity index (χ3n) is 4.10. The van der Waals surface area contributed by atoms with Gasteiger partial charge in [-0.1, -0.05) is 18.2 Å². The van der Waals surface area contributed by atoms with E-state index >= 15 is 0 Å². The molecule has 5 heteroatoms. The van der Waals surface area contributed by atoms with E-state index < -0.39 is 6.04 Å². The minimum Gasteiger partial charge on any atom is -0.396 e. The van der Waals surface area contributed by atoms with E-state index in [2.05, 4.69) is 10.6 Å². The number of rotatable bonds is 4. The van der Waals surface area contributed by atoms with Crippen LogP contribution in [0.25, 0.3) is 0 Å². The van der Waals surface area contributed by atoms with Crippen LogP contribution in [-0.4, -0.2) is 23.7 Å². The molecule has 0 saturated heterocycles. The predicted octanol–water partition coefficient (Wildman–Crippen LogP) is 2.64. The molecule has 3 N–H and O–H groups in total. The minimum atomic E-state index is -0.484. The molecular formula is C18H19FN2O2. The van der Waals surface area contributed by atoms with Crippen LogP contribution in [0, 0.1) is 12.7 Å². The fraction of sp³-hybridized carbons (Fsp3) is 0.278. The number of aliphatic hydroxyl groups excluding tert-OH is 1. The van der Waals surface area contributed by atoms with Gasteiger partial charge in [-0.15, -0.1) is 0 Å². The van der Waals surface area contributed by atoms with Crippen LogP contribution in [0.4, 0.5) is 15.8 Å². The van der Waals surface area contributed by atoms with Crippen LogP contribution in [0.3, 0.4) is 0 Å². The van der Waals surface area contributed by atoms with E-state index in [0.29, 0.717) is 24.1 Å². The van der Waals surface area contributed by atoms with E-state index in [1.165, 1.54) is 6.07 Å². The van der Waals surface area contributed by atoms with E-state index in [1.807, 2.05) is 25.1 Å². The lowest BCUT2D eigenvalue weighted by molar-refractivity contribution is -0.116. The van der Waals surface area contributed by atoms with E-state index in [9.17, 15) is 9.18 Å². The molecule has 1 heterocycles. The summed E-state index contributed by atoms with van der Waals surface area (Å²) in [6.07, 6.45) is 0.881. The van der Waals surface area contributed by atoms with E-state index in [0.717, 1.165) is 16.8 Å². The first-order valence-electron chi connectivity index (χ1n) is 7.63. The molecule has 1 atom stereocenters. The Labute approximate surface area is 134 Å². The van der Waals surface area contributed by atoms with Crippen molar-refractivity contribution in [1.29, 1.82) is 0 Å². The van der Waals surface area contributed by atoms with Gasteiger partial charge in [0.25, 0.3) is 0 Å². The van der Waals surface area contributed by atoms with Gasteiger partial charge in [0, 0.05) is 30.0 Å². The summed E-state index contributed by atoms with van der Waals surface area (Å²) in [7, 11) is 0. The molecule has 0 aromatic heterocycles. The monoisotopic (exact) mass is 314 g/mol. The lowest BCUT2D eigenvalue weighted by Gasteiger charge is -2.13. The van der Waals surface area contributed by atoms with Crippen molar-refractivity contribution >= 4 is 17.3 Å². The third kappa shape index (κ3) is 3.19. The number of amides is 1. The van der Waals surface area contributed by atoms with Gasteiger partial charge < -0.3 is 15.7 Å². The molecule has 0 saturated carbocycles. The van der Waals surface area contributed by atoms with Crippen molar-refractivity contribution in [2.24, 2.45) is 0 Å². The quantitative estimate of drug-likeness (QED) is 0.813. The number of nitrogens with one attached hydrogen (secondary N) is 2. The molecule has 0 spiro atoms. The average Bonchev–Trinajstić information content (AvgIpc) is 2.98. The summed E-state index contributed by atoms with van der Waals surface area (Å²) in [5.74, 6) is -0.473. The van der Waals surface area contributed by atoms with Crippen LogP contribution in [0.1, 0.15) is 16.7 Å². The fourth-order valence-corrected chi connectivity index (χ4v) is 2.89. The zero-order valence-electron chi connectivity index (χ0n) is 12.9. The summed E-state index contributed by atoms with van der Waals surface area (Å²) >= 11 is 0. The molecule has 1 aliphatic rings. The number of hydrogen-bond acceptors (Lipinski definition) is 3. The summed E-state index contributed by atoms with van der Waals surface area (Å²) < 4.78 is 13.9. The highest BCUT2D eigenvalue weighted by atomic mass is 19.1. The van der Waals surface area contributed by atoms with Gasteiger partial charge in [-0.25, -0.2) is 4.39 Å². The number of fused-ring (bicyclic) bond motifs is 1. The lowest BCUT2D eigenvalue weighted by Crippen LogP contribution is -2.32. The van der Waals surface area contributed by atoms with Crippen LogP contribution in [0.2, 0.25) is 0 Å². The SMILES string of the molecule is Cc1ccc(F)c2c1NC(C(=O)Nc1cccc(CCO)c1)C2. The topological polar surface area (TPSA) is 61.4 Å². The number of carbonyl (C=O) groups excluding carboxylic acids is 1. The molecule has 0 bridgehead atoms. The van der Waals surface area contributed by atoms with Gasteiger partial charge in [-0.2, -0.15) is 0 Å². The second-order valence-electron chi connectivity index (χ2n) is 5.78. The van der Waals surface area contributed by atoms with E-state index in [4.69, 9.17) is 5.11 Å². The summed E-state index contributed by atoms with van der Waals surface area (Å²) in [5, 5.41) is 14.9. The molecule has 0 fully saturated rings. The van der Waals surface area contributed by atoms with Crippen LogP contribution >= 0.6 is 0 Å². The second-order valence-corrected chi connectivity index (χ2v) is 5.78. The Kier molecular flexibility index (Phi) is 4.30. The molecule has 2 aromatic carbocycles. The number of aliphatic hydroxyl groups is 1. The Balaban J connectivity index is 1.72. The zero-order valence-corrected chi connectivity index (χ0v) is 12.9. The normalized spacial score (nSPS) is 15.9. The molecule has 1 aliphatic heterocycles. The largest absolute Gasteiger partial charge is 0.396 e. The number of hydrogen-bond donors (Lipinski definition) is 3. The van der Waals surface area contributed by atoms with Crippen LogP contribution in [-0.2, 0) is 17.6 Å². The average molecular weight is 314 g/mol. The first-order chi connectivity index (χ1) is 11.1. The standard InChI is InChI=1S/C18H19FN2O2/c1-11-5-6-15(19)14-10-16(21-17(11)14)18(23)20-13-4-2-3-12(9-13)7-8-22/h2-6,9,16,21-22H,7-8,10H2,1H3,(H,20,23). The van der Waals surface area contributed by atoms with Crippen molar-refractivity contribution in [1.82, 2.24) is 0 Å². The van der Waals surface area contributed by atoms with Crippen LogP contribution in [0.5, 0.6) is 0 Å². The first-order valence-corrected chi connectivity index (χ1v) is 7.63. The maximum Gasteiger partial charge on any atom is 0.247 e. The molecule has 0 radical (unpaired) electrons. The molecule has 120 valence electrons. The van der Waals surface area contributed by atoms with Crippen LogP contribution in [0.15, 0.2) is 36.4 Å². The smallest absolute Gasteiger partial charge is 0.247 e. The molecule has 1 unspecified atom stereocenters. The fourth-order valence-electron chi connectivity index (χ4n) is 2.89. The third-order valence-corrected chi connectivity index (χ3v) is 4.10. The van der Waals surface area contributed by atoms with Crippen molar-refractivity contribution in [3.8, 4) is 0 Å². The highest BCUT2D eigenvalue weighted by molar-refractivity contribution is 5.98. The number of halogens is 1. The molecular weight excluding hydrogens is 295 g/mol. The number of anilines is 2. The van der Waals surface area contributed by atoms with Gasteiger partial charge in [-0.05, 0) is 42.7 Å². The number of benzene rings is 2. The Morgan fingerprint density at radius 1 is 1.39 bits per heavy atom. The van der Waals surface area contributed by atoms with Gasteiger partial charge in [0.2, 0.25) is 5.91 Å². The molecule has 2 aromatic rings. The van der Waals surface area contributed by atoms with Gasteiger partial charge in [0.1, 0.15) is 11.9 Å². The Morgan fingerprint density at radius 3 is 2.96 bits per heavy atom. The summed E-state index contributed by atoms with van der Waals surface area (Å²) in [6.45, 7) is 1.96. The minimum absolute atomic E-state index is 0.0649. The summed E-state index contributed by atoms with van der Waals surface area (Å²) in [5.41, 5.74) is 3.85. The number of carbonyl (C=O) groups is 1. The van der Waals surface area contributed by atoms with Gasteiger partial charge in [-0.3, -0.25) is 4.79 Å². The van der Waals surface area contributed by atoms with Crippen molar-refractivity contribution in [2.75, 3.05) is 17.2 Å². The Hall–Kier alpha value is -2.40. The zero-order chi connectivity index (χ0) is 16.4. The number of aryl methyl sites for hydroxylation is 1. The Bertz CT molecular complexity index is 715. The van der Waals surface area contributed by atoms with Crippen molar-refractivity contribution < 1.29 is 14.3 Å². The van der Waals surface area contributed by atoms with Crippen LogP contribution < -0.4 is 10.6 Å². The maximum atomic E-state index is 13.9. The summed E-state index contributed by atoms with van der Waals surface area (Å²) in [6, 6.07) is 10.0. The lowest BCUT2D eigenvalue weighted by atomic mass is 10.1. The first kappa shape index (κ1) is 15.5. The molecule has 23 heavy (non-hydrogen) atoms. The molecule has 4 nitrogen and oxygen atoms in total. The van der Waals surface area contributed by atoms with Gasteiger partial charge >= 0.3 is 0 Å². The van der Waals surface area contributed by atoms with Crippen molar-refractivity contribution in [2.45, 2.75) is 25.8 Å². The van der Waals surface area contributed by atoms with Crippen molar-refractivity contribution in [3.05, 3.63) is 58.9 Å². The highest BCUT2D eigenvalue weighted by Gasteiger charge is 2.30. The summed E-state index contributed by atoms with van der Waals surface area (Å²) in [4.78, 5) is 12.4. The van der Waals surface area contributed by atoms with Gasteiger partial charge in [0.15, 0.2) is 0 Å². The molecule has 0 aliphatic carbocycles.